The van der Waals surface area contributed by atoms with E-state index in [1.807, 2.05) is 12.1 Å². The van der Waals surface area contributed by atoms with Crippen LogP contribution in [0.15, 0.2) is 60.7 Å². The summed E-state index contributed by atoms with van der Waals surface area (Å²) in [5.74, 6) is 1.07. The van der Waals surface area contributed by atoms with Crippen LogP contribution < -0.4 is 5.32 Å². The highest BCUT2D eigenvalue weighted by Crippen LogP contribution is 2.50. The molecule has 100 valence electrons. The van der Waals surface area contributed by atoms with Gasteiger partial charge in [0.05, 0.1) is 6.04 Å². The predicted molar refractivity (Wildman–Crippen MR) is 84.2 cm³/mol. The monoisotopic (exact) mass is 281 g/mol. The zero-order valence-corrected chi connectivity index (χ0v) is 11.8. The third-order valence-corrected chi connectivity index (χ3v) is 4.86. The van der Waals surface area contributed by atoms with Gasteiger partial charge in [-0.25, -0.2) is 0 Å². The molecule has 1 heterocycles. The lowest BCUT2D eigenvalue weighted by Gasteiger charge is -2.37. The highest BCUT2D eigenvalue weighted by atomic mass is 35.5. The van der Waals surface area contributed by atoms with Crippen molar-refractivity contribution in [1.29, 1.82) is 0 Å². The molecule has 0 saturated heterocycles. The summed E-state index contributed by atoms with van der Waals surface area (Å²) < 4.78 is 0. The number of allylic oxidation sites excluding steroid dienone is 2. The number of halogens is 1. The van der Waals surface area contributed by atoms with Crippen LogP contribution in [0.1, 0.15) is 29.5 Å². The maximum absolute atomic E-state index is 6.41. The third kappa shape index (κ3) is 1.77. The van der Waals surface area contributed by atoms with E-state index in [0.717, 1.165) is 11.4 Å². The summed E-state index contributed by atoms with van der Waals surface area (Å²) in [6, 6.07) is 17.1. The molecule has 2 aromatic rings. The summed E-state index contributed by atoms with van der Waals surface area (Å²) in [5, 5.41) is 4.56. The molecule has 1 aliphatic heterocycles. The summed E-state index contributed by atoms with van der Waals surface area (Å²) in [4.78, 5) is 0. The van der Waals surface area contributed by atoms with Crippen molar-refractivity contribution in [1.82, 2.24) is 0 Å². The maximum Gasteiger partial charge on any atom is 0.0568 e. The molecule has 0 amide bonds. The van der Waals surface area contributed by atoms with Crippen molar-refractivity contribution >= 4 is 17.3 Å². The number of rotatable bonds is 1. The predicted octanol–water partition coefficient (Wildman–Crippen LogP) is 5.17. The van der Waals surface area contributed by atoms with Gasteiger partial charge in [0.25, 0.3) is 0 Å². The fraction of sp³-hybridized carbons (Fsp3) is 0.222. The molecule has 2 aromatic carbocycles. The quantitative estimate of drug-likeness (QED) is 0.711. The van der Waals surface area contributed by atoms with Crippen LogP contribution in [0.5, 0.6) is 0 Å². The van der Waals surface area contributed by atoms with Gasteiger partial charge in [-0.1, -0.05) is 60.2 Å². The molecule has 3 atom stereocenters. The van der Waals surface area contributed by atoms with E-state index in [2.05, 4.69) is 53.9 Å². The van der Waals surface area contributed by atoms with E-state index >= 15 is 0 Å². The number of anilines is 1. The Balaban J connectivity index is 1.82. The zero-order valence-electron chi connectivity index (χ0n) is 11.1. The molecule has 0 saturated carbocycles. The molecule has 0 radical (unpaired) electrons. The van der Waals surface area contributed by atoms with Crippen LogP contribution in [0.4, 0.5) is 5.69 Å². The average Bonchev–Trinajstić information content (AvgIpc) is 2.97. The van der Waals surface area contributed by atoms with Gasteiger partial charge in [0.15, 0.2) is 0 Å². The standard InChI is InChI=1S/C18H16ClN/c19-16-10-3-1-7-15(16)18-14-9-5-8-12(14)13-6-2-4-11-17(13)20-18/h1-8,10-12,14,18,20H,9H2/t12-,14+,18-/m0/s1. The molecule has 2 aliphatic rings. The largest absolute Gasteiger partial charge is 0.378 e. The van der Waals surface area contributed by atoms with E-state index in [0.29, 0.717) is 17.9 Å². The lowest BCUT2D eigenvalue weighted by atomic mass is 9.77. The topological polar surface area (TPSA) is 12.0 Å². The van der Waals surface area contributed by atoms with Crippen LogP contribution in [0, 0.1) is 5.92 Å². The van der Waals surface area contributed by atoms with E-state index in [9.17, 15) is 0 Å². The van der Waals surface area contributed by atoms with Crippen LogP contribution in [0.2, 0.25) is 5.02 Å². The molecule has 1 nitrogen and oxygen atoms in total. The minimum Gasteiger partial charge on any atom is -0.378 e. The van der Waals surface area contributed by atoms with Crippen molar-refractivity contribution in [2.75, 3.05) is 5.32 Å². The Kier molecular flexibility index (Phi) is 2.82. The van der Waals surface area contributed by atoms with Gasteiger partial charge in [-0.3, -0.25) is 0 Å². The van der Waals surface area contributed by atoms with Gasteiger partial charge in [0.1, 0.15) is 0 Å². The normalized spacial score (nSPS) is 26.8. The second-order valence-electron chi connectivity index (χ2n) is 5.58. The van der Waals surface area contributed by atoms with E-state index in [-0.39, 0.29) is 0 Å². The number of nitrogens with one attached hydrogen (secondary N) is 1. The Labute approximate surface area is 124 Å². The van der Waals surface area contributed by atoms with Gasteiger partial charge in [0, 0.05) is 16.6 Å². The van der Waals surface area contributed by atoms with Gasteiger partial charge in [0.2, 0.25) is 0 Å². The molecule has 0 aromatic heterocycles. The number of fused-ring (bicyclic) bond motifs is 3. The van der Waals surface area contributed by atoms with E-state index in [1.54, 1.807) is 0 Å². The van der Waals surface area contributed by atoms with Crippen molar-refractivity contribution in [3.63, 3.8) is 0 Å². The second kappa shape index (κ2) is 4.68. The molecule has 4 rings (SSSR count). The summed E-state index contributed by atoms with van der Waals surface area (Å²) in [7, 11) is 0. The van der Waals surface area contributed by atoms with Crippen LogP contribution in [-0.4, -0.2) is 0 Å². The highest BCUT2D eigenvalue weighted by molar-refractivity contribution is 6.31. The maximum atomic E-state index is 6.41. The van der Waals surface area contributed by atoms with Crippen molar-refractivity contribution in [2.24, 2.45) is 5.92 Å². The zero-order chi connectivity index (χ0) is 13.5. The molecule has 2 heteroatoms. The van der Waals surface area contributed by atoms with E-state index < -0.39 is 0 Å². The van der Waals surface area contributed by atoms with Crippen molar-refractivity contribution in [2.45, 2.75) is 18.4 Å². The Hall–Kier alpha value is -1.73. The fourth-order valence-corrected chi connectivity index (χ4v) is 3.83. The first-order chi connectivity index (χ1) is 9.84. The van der Waals surface area contributed by atoms with Crippen LogP contribution in [-0.2, 0) is 0 Å². The Bertz CT molecular complexity index is 677. The molecular formula is C18H16ClN. The first-order valence-corrected chi connectivity index (χ1v) is 7.49. The number of hydrogen-bond donors (Lipinski definition) is 1. The molecule has 0 fully saturated rings. The summed E-state index contributed by atoms with van der Waals surface area (Å²) in [6.07, 6.45) is 5.78. The number of hydrogen-bond acceptors (Lipinski definition) is 1. The Morgan fingerprint density at radius 3 is 2.55 bits per heavy atom. The van der Waals surface area contributed by atoms with Crippen LogP contribution >= 0.6 is 11.6 Å². The van der Waals surface area contributed by atoms with Crippen LogP contribution in [0.3, 0.4) is 0 Å². The Morgan fingerprint density at radius 2 is 1.70 bits per heavy atom. The molecule has 20 heavy (non-hydrogen) atoms. The minimum absolute atomic E-state index is 0.290. The minimum atomic E-state index is 0.290. The van der Waals surface area contributed by atoms with Gasteiger partial charge in [-0.15, -0.1) is 0 Å². The number of benzene rings is 2. The van der Waals surface area contributed by atoms with Gasteiger partial charge >= 0.3 is 0 Å². The highest BCUT2D eigenvalue weighted by Gasteiger charge is 2.38. The molecule has 0 spiro atoms. The molecular weight excluding hydrogens is 266 g/mol. The lowest BCUT2D eigenvalue weighted by molar-refractivity contribution is 0.425. The second-order valence-corrected chi connectivity index (χ2v) is 5.99. The summed E-state index contributed by atoms with van der Waals surface area (Å²) >= 11 is 6.41. The summed E-state index contributed by atoms with van der Waals surface area (Å²) in [6.45, 7) is 0. The lowest BCUT2D eigenvalue weighted by Crippen LogP contribution is -2.29. The Morgan fingerprint density at radius 1 is 0.950 bits per heavy atom. The SMILES string of the molecule is Clc1ccccc1[C@H]1Nc2ccccc2[C@@H]2C=CC[C@@H]12. The third-order valence-electron chi connectivity index (χ3n) is 4.51. The number of para-hydroxylation sites is 1. The van der Waals surface area contributed by atoms with Crippen molar-refractivity contribution in [3.8, 4) is 0 Å². The molecule has 1 aliphatic carbocycles. The van der Waals surface area contributed by atoms with E-state index in [1.165, 1.54) is 16.8 Å². The molecule has 1 N–H and O–H groups in total. The molecule has 0 bridgehead atoms. The first-order valence-electron chi connectivity index (χ1n) is 7.11. The van der Waals surface area contributed by atoms with Crippen molar-refractivity contribution in [3.05, 3.63) is 76.8 Å². The summed E-state index contributed by atoms with van der Waals surface area (Å²) in [5.41, 5.74) is 3.86. The van der Waals surface area contributed by atoms with Gasteiger partial charge in [-0.05, 0) is 35.6 Å². The van der Waals surface area contributed by atoms with Crippen LogP contribution in [0.25, 0.3) is 0 Å². The smallest absolute Gasteiger partial charge is 0.0568 e. The van der Waals surface area contributed by atoms with Crippen molar-refractivity contribution < 1.29 is 0 Å². The van der Waals surface area contributed by atoms with Gasteiger partial charge < -0.3 is 5.32 Å². The van der Waals surface area contributed by atoms with Gasteiger partial charge in [-0.2, -0.15) is 0 Å². The average molecular weight is 282 g/mol. The first kappa shape index (κ1) is 12.0. The van der Waals surface area contributed by atoms with E-state index in [4.69, 9.17) is 11.6 Å². The fourth-order valence-electron chi connectivity index (χ4n) is 3.58. The molecule has 0 unspecified atom stereocenters.